The van der Waals surface area contributed by atoms with Crippen molar-refractivity contribution >= 4 is 41.1 Å². The van der Waals surface area contributed by atoms with Crippen LogP contribution in [0.3, 0.4) is 0 Å². The van der Waals surface area contributed by atoms with Gasteiger partial charge in [0.1, 0.15) is 11.8 Å². The molecule has 0 spiro atoms. The van der Waals surface area contributed by atoms with Gasteiger partial charge in [-0.05, 0) is 63.0 Å². The Balaban J connectivity index is 2.27. The number of nitrogens with one attached hydrogen (secondary N) is 2. The molecule has 12 heteroatoms. The Morgan fingerprint density at radius 3 is 2.22 bits per heavy atom. The molecule has 0 saturated carbocycles. The van der Waals surface area contributed by atoms with Gasteiger partial charge in [-0.25, -0.2) is 0 Å². The summed E-state index contributed by atoms with van der Waals surface area (Å²) in [4.78, 5) is 60.1. The molecule has 2 rings (SSSR count). The molecule has 1 aliphatic heterocycles. The van der Waals surface area contributed by atoms with Crippen molar-refractivity contribution < 1.29 is 29.0 Å². The van der Waals surface area contributed by atoms with Crippen LogP contribution in [0.15, 0.2) is 24.3 Å². The third kappa shape index (κ3) is 11.1. The van der Waals surface area contributed by atoms with Crippen LogP contribution in [0, 0.1) is 17.8 Å². The Morgan fingerprint density at radius 2 is 1.71 bits per heavy atom. The summed E-state index contributed by atoms with van der Waals surface area (Å²) in [5.74, 6) is -0.541. The Kier molecular flexibility index (Phi) is 17.4. The van der Waals surface area contributed by atoms with Crippen molar-refractivity contribution in [2.45, 2.75) is 116 Å². The molecule has 7 atom stereocenters. The molecule has 4 amide bonds. The van der Waals surface area contributed by atoms with Crippen molar-refractivity contribution in [2.75, 3.05) is 45.5 Å². The molecular weight excluding hydrogens is 643 g/mol. The molecule has 0 aliphatic carbocycles. The maximum Gasteiger partial charge on any atom is 0.245 e. The highest BCUT2D eigenvalue weighted by Gasteiger charge is 2.41. The molecule has 278 valence electrons. The van der Waals surface area contributed by atoms with Gasteiger partial charge in [0, 0.05) is 56.7 Å². The van der Waals surface area contributed by atoms with E-state index in [1.165, 1.54) is 0 Å². The average Bonchev–Trinajstić information content (AvgIpc) is 3.55. The van der Waals surface area contributed by atoms with Crippen LogP contribution in [0.25, 0.3) is 0 Å². The summed E-state index contributed by atoms with van der Waals surface area (Å²) in [5.41, 5.74) is 0.644. The molecule has 7 unspecified atom stereocenters. The smallest absolute Gasteiger partial charge is 0.245 e. The lowest BCUT2D eigenvalue weighted by molar-refractivity contribution is -0.146. The van der Waals surface area contributed by atoms with Crippen molar-refractivity contribution in [1.82, 2.24) is 20.4 Å². The van der Waals surface area contributed by atoms with Gasteiger partial charge < -0.3 is 35.2 Å². The quantitative estimate of drug-likeness (QED) is 0.192. The number of rotatable bonds is 19. The van der Waals surface area contributed by atoms with Gasteiger partial charge in [0.05, 0.1) is 24.6 Å². The van der Waals surface area contributed by atoms with Gasteiger partial charge in [0.15, 0.2) is 0 Å². The summed E-state index contributed by atoms with van der Waals surface area (Å²) in [5, 5.41) is 15.9. The molecule has 49 heavy (non-hydrogen) atoms. The van der Waals surface area contributed by atoms with Crippen LogP contribution in [0.4, 0.5) is 5.69 Å². The summed E-state index contributed by atoms with van der Waals surface area (Å²) in [7, 11) is 5.07. The fourth-order valence-corrected chi connectivity index (χ4v) is 7.98. The molecule has 11 nitrogen and oxygen atoms in total. The zero-order valence-electron chi connectivity index (χ0n) is 31.7. The van der Waals surface area contributed by atoms with E-state index in [9.17, 15) is 24.3 Å². The topological polar surface area (TPSA) is 132 Å². The number of ether oxygens (including phenoxy) is 1. The normalized spacial score (nSPS) is 18.5. The number of likely N-dealkylation sites (N-methyl/N-ethyl adjacent to an activating group) is 2. The van der Waals surface area contributed by atoms with E-state index in [0.29, 0.717) is 18.8 Å². The van der Waals surface area contributed by atoms with Crippen molar-refractivity contribution in [3.8, 4) is 5.75 Å². The lowest BCUT2D eigenvalue weighted by Gasteiger charge is -2.40. The molecule has 1 aromatic rings. The summed E-state index contributed by atoms with van der Waals surface area (Å²) in [6, 6.07) is 5.00. The number of nitrogens with zero attached hydrogens (tertiary/aromatic N) is 3. The van der Waals surface area contributed by atoms with Gasteiger partial charge in [-0.1, -0.05) is 54.0 Å². The van der Waals surface area contributed by atoms with Crippen molar-refractivity contribution in [1.29, 1.82) is 0 Å². The summed E-state index contributed by atoms with van der Waals surface area (Å²) in [6.45, 7) is 14.8. The molecule has 1 heterocycles. The zero-order valence-corrected chi connectivity index (χ0v) is 32.5. The Hall–Kier alpha value is -2.83. The van der Waals surface area contributed by atoms with E-state index >= 15 is 0 Å². The third-order valence-electron chi connectivity index (χ3n) is 10.1. The minimum atomic E-state index is -0.739. The Morgan fingerprint density at radius 1 is 1.06 bits per heavy atom. The van der Waals surface area contributed by atoms with Crippen LogP contribution < -0.4 is 15.5 Å². The fraction of sp³-hybridized carbons (Fsp3) is 0.730. The first kappa shape index (κ1) is 42.3. The maximum absolute atomic E-state index is 14.1. The lowest BCUT2D eigenvalue weighted by Crippen LogP contribution is -2.59. The highest BCUT2D eigenvalue weighted by Crippen LogP contribution is 2.32. The van der Waals surface area contributed by atoms with E-state index in [2.05, 4.69) is 24.5 Å². The van der Waals surface area contributed by atoms with E-state index < -0.39 is 24.2 Å². The summed E-state index contributed by atoms with van der Waals surface area (Å²) < 4.78 is 6.01. The molecule has 0 radical (unpaired) electrons. The number of likely N-dealkylation sites (tertiary alicyclic amines) is 1. The van der Waals surface area contributed by atoms with Gasteiger partial charge in [-0.2, -0.15) is 11.8 Å². The second-order valence-electron chi connectivity index (χ2n) is 14.0. The number of benzene rings is 1. The number of phenols is 1. The lowest BCUT2D eigenvalue weighted by atomic mass is 9.89. The molecular formula is C37H63N5O6S. The first-order valence-corrected chi connectivity index (χ1v) is 19.1. The molecule has 1 saturated heterocycles. The van der Waals surface area contributed by atoms with E-state index in [0.717, 1.165) is 19.3 Å². The van der Waals surface area contributed by atoms with Gasteiger partial charge >= 0.3 is 0 Å². The monoisotopic (exact) mass is 705 g/mol. The number of amides is 4. The highest BCUT2D eigenvalue weighted by molar-refractivity contribution is 7.99. The van der Waals surface area contributed by atoms with E-state index in [4.69, 9.17) is 4.74 Å². The minimum Gasteiger partial charge on any atom is -0.508 e. The molecule has 3 N–H and O–H groups in total. The highest BCUT2D eigenvalue weighted by atomic mass is 32.2. The number of thioether (sulfide) groups is 1. The number of aromatic hydroxyl groups is 1. The van der Waals surface area contributed by atoms with Crippen LogP contribution in [0.5, 0.6) is 5.75 Å². The molecule has 1 aromatic carbocycles. The van der Waals surface area contributed by atoms with Crippen LogP contribution in [-0.2, 0) is 23.9 Å². The van der Waals surface area contributed by atoms with E-state index in [1.54, 1.807) is 61.0 Å². The zero-order chi connectivity index (χ0) is 37.0. The summed E-state index contributed by atoms with van der Waals surface area (Å²) in [6.07, 6.45) is 4.16. The predicted octanol–water partition coefficient (Wildman–Crippen LogP) is 4.52. The minimum absolute atomic E-state index is 0.0133. The van der Waals surface area contributed by atoms with Gasteiger partial charge in [-0.3, -0.25) is 19.2 Å². The molecule has 1 aliphatic rings. The first-order chi connectivity index (χ1) is 23.2. The van der Waals surface area contributed by atoms with Crippen molar-refractivity contribution in [3.05, 3.63) is 24.3 Å². The summed E-state index contributed by atoms with van der Waals surface area (Å²) >= 11 is 1.59. The number of hydrogen-bond acceptors (Lipinski definition) is 8. The van der Waals surface area contributed by atoms with E-state index in [1.807, 2.05) is 51.8 Å². The number of carbonyl (C=O) groups is 4. The van der Waals surface area contributed by atoms with Gasteiger partial charge in [0.2, 0.25) is 23.6 Å². The maximum atomic E-state index is 14.1. The Labute approximate surface area is 299 Å². The molecule has 0 bridgehead atoms. The fourth-order valence-electron chi connectivity index (χ4n) is 7.07. The number of hydrogen-bond donors (Lipinski definition) is 3. The predicted molar refractivity (Wildman–Crippen MR) is 199 cm³/mol. The number of anilines is 1. The SMILES string of the molecule is CCC(C)C(C(CC(=O)N1CCCC1C(CC(=O)N(CC)c1cccc(O)c1)SC)OC)N(C)C(=O)C(NC(=O)C(NC)C(C)C)C(C)C. The van der Waals surface area contributed by atoms with Crippen LogP contribution in [0.1, 0.15) is 80.6 Å². The largest absolute Gasteiger partial charge is 0.508 e. The van der Waals surface area contributed by atoms with Crippen LogP contribution in [-0.4, -0.2) is 115 Å². The van der Waals surface area contributed by atoms with Gasteiger partial charge in [0.25, 0.3) is 0 Å². The van der Waals surface area contributed by atoms with E-state index in [-0.39, 0.29) is 71.3 Å². The number of phenolic OH excluding ortho intramolecular Hbond substituents is 1. The average molecular weight is 706 g/mol. The van der Waals surface area contributed by atoms with Crippen molar-refractivity contribution in [3.63, 3.8) is 0 Å². The second kappa shape index (κ2) is 20.1. The van der Waals surface area contributed by atoms with Crippen LogP contribution >= 0.6 is 11.8 Å². The molecule has 0 aromatic heterocycles. The number of carbonyl (C=O) groups excluding carboxylic acids is 4. The Bertz CT molecular complexity index is 1230. The molecule has 1 fully saturated rings. The van der Waals surface area contributed by atoms with Gasteiger partial charge in [-0.15, -0.1) is 0 Å². The van der Waals surface area contributed by atoms with Crippen LogP contribution in [0.2, 0.25) is 0 Å². The standard InChI is InChI=1S/C37H63N5O6S/c1-12-25(7)35(40(9)37(47)34(24(5)6)39-36(46)33(38-8)23(3)4)29(48-10)21-31(44)42-19-15-18-28(42)30(49-11)22-32(45)41(13-2)26-16-14-17-27(43)20-26/h14,16-17,20,23-25,28-30,33-35,38,43H,12-13,15,18-19,21-22H2,1-11H3,(H,39,46). The second-order valence-corrected chi connectivity index (χ2v) is 15.1. The first-order valence-electron chi connectivity index (χ1n) is 17.9. The number of methoxy groups -OCH3 is 1. The third-order valence-corrected chi connectivity index (χ3v) is 11.1. The van der Waals surface area contributed by atoms with Crippen molar-refractivity contribution in [2.24, 2.45) is 17.8 Å².